The summed E-state index contributed by atoms with van der Waals surface area (Å²) in [5.74, 6) is 1.79. The third-order valence-corrected chi connectivity index (χ3v) is 3.93. The number of hydrogen-bond acceptors (Lipinski definition) is 1. The summed E-state index contributed by atoms with van der Waals surface area (Å²) in [6.07, 6.45) is 5.62. The highest BCUT2D eigenvalue weighted by Crippen LogP contribution is 2.27. The van der Waals surface area contributed by atoms with Gasteiger partial charge in [-0.2, -0.15) is 0 Å². The largest absolute Gasteiger partial charge is 0.312 e. The lowest BCUT2D eigenvalue weighted by molar-refractivity contribution is 0.274. The Morgan fingerprint density at radius 2 is 2.24 bits per heavy atom. The van der Waals surface area contributed by atoms with Crippen molar-refractivity contribution in [2.45, 2.75) is 39.2 Å². The zero-order chi connectivity index (χ0) is 12.1. The maximum absolute atomic E-state index is 5.96. The van der Waals surface area contributed by atoms with Gasteiger partial charge in [-0.05, 0) is 48.9 Å². The summed E-state index contributed by atoms with van der Waals surface area (Å²) in [5.41, 5.74) is 1.28. The van der Waals surface area contributed by atoms with E-state index in [1.807, 2.05) is 18.2 Å². The van der Waals surface area contributed by atoms with Crippen LogP contribution in [-0.4, -0.2) is 6.54 Å². The number of hydrogen-bond donors (Lipinski definition) is 1. The van der Waals surface area contributed by atoms with E-state index in [9.17, 15) is 0 Å². The van der Waals surface area contributed by atoms with Crippen molar-refractivity contribution < 1.29 is 0 Å². The van der Waals surface area contributed by atoms with Gasteiger partial charge in [-0.25, -0.2) is 0 Å². The number of halogens is 1. The third kappa shape index (κ3) is 4.33. The lowest BCUT2D eigenvalue weighted by Crippen LogP contribution is -2.26. The first kappa shape index (κ1) is 12.9. The van der Waals surface area contributed by atoms with Crippen LogP contribution in [-0.2, 0) is 6.54 Å². The Bertz CT molecular complexity index is 351. The van der Waals surface area contributed by atoms with Crippen molar-refractivity contribution in [2.24, 2.45) is 11.8 Å². The summed E-state index contributed by atoms with van der Waals surface area (Å²) in [4.78, 5) is 0. The Morgan fingerprint density at radius 3 is 3.00 bits per heavy atom. The molecule has 2 rings (SSSR count). The SMILES string of the molecule is CC1CCCC(CNCc2cccc(Cl)c2)C1. The maximum Gasteiger partial charge on any atom is 0.0409 e. The van der Waals surface area contributed by atoms with Crippen molar-refractivity contribution in [3.05, 3.63) is 34.9 Å². The smallest absolute Gasteiger partial charge is 0.0409 e. The Balaban J connectivity index is 1.72. The van der Waals surface area contributed by atoms with Crippen LogP contribution in [0.1, 0.15) is 38.2 Å². The molecule has 0 heterocycles. The zero-order valence-electron chi connectivity index (χ0n) is 10.6. The highest BCUT2D eigenvalue weighted by Gasteiger charge is 2.18. The summed E-state index contributed by atoms with van der Waals surface area (Å²) in [7, 11) is 0. The molecule has 0 radical (unpaired) electrons. The van der Waals surface area contributed by atoms with Crippen LogP contribution in [0.5, 0.6) is 0 Å². The van der Waals surface area contributed by atoms with Gasteiger partial charge in [0.05, 0.1) is 0 Å². The van der Waals surface area contributed by atoms with Gasteiger partial charge in [-0.3, -0.25) is 0 Å². The fraction of sp³-hybridized carbons (Fsp3) is 0.600. The minimum Gasteiger partial charge on any atom is -0.312 e. The van der Waals surface area contributed by atoms with Crippen LogP contribution in [0.25, 0.3) is 0 Å². The lowest BCUT2D eigenvalue weighted by Gasteiger charge is -2.26. The second-order valence-electron chi connectivity index (χ2n) is 5.40. The average molecular weight is 252 g/mol. The average Bonchev–Trinajstić information content (AvgIpc) is 2.29. The fourth-order valence-corrected chi connectivity index (χ4v) is 3.03. The van der Waals surface area contributed by atoms with Crippen LogP contribution in [0.4, 0.5) is 0 Å². The Labute approximate surface area is 110 Å². The van der Waals surface area contributed by atoms with Gasteiger partial charge >= 0.3 is 0 Å². The molecule has 17 heavy (non-hydrogen) atoms. The molecule has 0 saturated heterocycles. The molecule has 1 saturated carbocycles. The van der Waals surface area contributed by atoms with E-state index in [4.69, 9.17) is 11.6 Å². The van der Waals surface area contributed by atoms with E-state index >= 15 is 0 Å². The van der Waals surface area contributed by atoms with E-state index in [1.165, 1.54) is 31.2 Å². The van der Waals surface area contributed by atoms with Crippen molar-refractivity contribution >= 4 is 11.6 Å². The van der Waals surface area contributed by atoms with Crippen LogP contribution in [0.15, 0.2) is 24.3 Å². The molecule has 0 spiro atoms. The van der Waals surface area contributed by atoms with Crippen LogP contribution in [0, 0.1) is 11.8 Å². The molecule has 1 aliphatic rings. The predicted molar refractivity (Wildman–Crippen MR) is 74.3 cm³/mol. The van der Waals surface area contributed by atoms with Gasteiger partial charge in [0.25, 0.3) is 0 Å². The maximum atomic E-state index is 5.96. The molecule has 94 valence electrons. The van der Waals surface area contributed by atoms with Gasteiger partial charge in [0.15, 0.2) is 0 Å². The molecule has 2 unspecified atom stereocenters. The van der Waals surface area contributed by atoms with Crippen LogP contribution in [0.2, 0.25) is 5.02 Å². The van der Waals surface area contributed by atoms with Crippen molar-refractivity contribution in [3.63, 3.8) is 0 Å². The van der Waals surface area contributed by atoms with E-state index in [1.54, 1.807) is 0 Å². The number of nitrogens with one attached hydrogen (secondary N) is 1. The topological polar surface area (TPSA) is 12.0 Å². The van der Waals surface area contributed by atoms with Crippen molar-refractivity contribution in [2.75, 3.05) is 6.54 Å². The van der Waals surface area contributed by atoms with Gasteiger partial charge in [0.2, 0.25) is 0 Å². The first-order chi connectivity index (χ1) is 8.24. The van der Waals surface area contributed by atoms with Gasteiger partial charge in [-0.1, -0.05) is 43.5 Å². The van der Waals surface area contributed by atoms with Crippen LogP contribution < -0.4 is 5.32 Å². The molecule has 2 heteroatoms. The zero-order valence-corrected chi connectivity index (χ0v) is 11.3. The minimum absolute atomic E-state index is 0.829. The van der Waals surface area contributed by atoms with E-state index in [0.29, 0.717) is 0 Å². The first-order valence-corrected chi connectivity index (χ1v) is 7.07. The van der Waals surface area contributed by atoms with E-state index in [0.717, 1.165) is 29.9 Å². The molecule has 1 N–H and O–H groups in total. The quantitative estimate of drug-likeness (QED) is 0.843. The summed E-state index contributed by atoms with van der Waals surface area (Å²) in [6.45, 7) is 4.46. The molecule has 0 bridgehead atoms. The molecular formula is C15H22ClN. The molecule has 1 aromatic carbocycles. The Kier molecular flexibility index (Phi) is 4.87. The van der Waals surface area contributed by atoms with Gasteiger partial charge in [0.1, 0.15) is 0 Å². The second kappa shape index (κ2) is 6.42. The molecule has 1 aromatic rings. The monoisotopic (exact) mass is 251 g/mol. The standard InChI is InChI=1S/C15H22ClN/c1-12-4-2-5-13(8-12)10-17-11-14-6-3-7-15(16)9-14/h3,6-7,9,12-13,17H,2,4-5,8,10-11H2,1H3. The molecule has 0 amide bonds. The summed E-state index contributed by atoms with van der Waals surface area (Å²) in [6, 6.07) is 8.11. The van der Waals surface area contributed by atoms with Crippen molar-refractivity contribution in [3.8, 4) is 0 Å². The van der Waals surface area contributed by atoms with Gasteiger partial charge in [-0.15, -0.1) is 0 Å². The molecule has 1 nitrogen and oxygen atoms in total. The van der Waals surface area contributed by atoms with Gasteiger partial charge in [0, 0.05) is 11.6 Å². The summed E-state index contributed by atoms with van der Waals surface area (Å²) < 4.78 is 0. The van der Waals surface area contributed by atoms with Gasteiger partial charge < -0.3 is 5.32 Å². The lowest BCUT2D eigenvalue weighted by atomic mass is 9.82. The predicted octanol–water partition coefficient (Wildman–Crippen LogP) is 4.26. The number of rotatable bonds is 4. The molecule has 0 aliphatic heterocycles. The summed E-state index contributed by atoms with van der Waals surface area (Å²) in [5, 5.41) is 4.39. The molecular weight excluding hydrogens is 230 g/mol. The Hall–Kier alpha value is -0.530. The third-order valence-electron chi connectivity index (χ3n) is 3.70. The minimum atomic E-state index is 0.829. The summed E-state index contributed by atoms with van der Waals surface area (Å²) >= 11 is 5.96. The molecule has 1 fully saturated rings. The van der Waals surface area contributed by atoms with Crippen LogP contribution >= 0.6 is 11.6 Å². The molecule has 0 aromatic heterocycles. The fourth-order valence-electron chi connectivity index (χ4n) is 2.81. The molecule has 1 aliphatic carbocycles. The normalized spacial score (nSPS) is 24.8. The highest BCUT2D eigenvalue weighted by atomic mass is 35.5. The van der Waals surface area contributed by atoms with E-state index in [2.05, 4.69) is 18.3 Å². The van der Waals surface area contributed by atoms with E-state index in [-0.39, 0.29) is 0 Å². The van der Waals surface area contributed by atoms with Crippen LogP contribution in [0.3, 0.4) is 0 Å². The van der Waals surface area contributed by atoms with Crippen molar-refractivity contribution in [1.29, 1.82) is 0 Å². The first-order valence-electron chi connectivity index (χ1n) is 6.69. The molecule has 2 atom stereocenters. The second-order valence-corrected chi connectivity index (χ2v) is 5.84. The Morgan fingerprint density at radius 1 is 1.35 bits per heavy atom. The van der Waals surface area contributed by atoms with Crippen molar-refractivity contribution in [1.82, 2.24) is 5.32 Å². The van der Waals surface area contributed by atoms with E-state index < -0.39 is 0 Å². The number of benzene rings is 1. The highest BCUT2D eigenvalue weighted by molar-refractivity contribution is 6.30.